The van der Waals surface area contributed by atoms with Crippen molar-refractivity contribution in [2.75, 3.05) is 18.4 Å². The molecular weight excluding hydrogens is 384 g/mol. The number of amides is 2. The van der Waals surface area contributed by atoms with Crippen LogP contribution in [0.15, 0.2) is 24.3 Å². The van der Waals surface area contributed by atoms with Crippen LogP contribution < -0.4 is 5.32 Å². The predicted octanol–water partition coefficient (Wildman–Crippen LogP) is 3.88. The van der Waals surface area contributed by atoms with E-state index in [-0.39, 0.29) is 17.7 Å². The number of nitrogens with one attached hydrogen (secondary N) is 1. The van der Waals surface area contributed by atoms with E-state index in [0.29, 0.717) is 34.7 Å². The van der Waals surface area contributed by atoms with Crippen LogP contribution >= 0.6 is 22.9 Å². The van der Waals surface area contributed by atoms with Crippen LogP contribution in [0.4, 0.5) is 5.13 Å². The van der Waals surface area contributed by atoms with E-state index in [9.17, 15) is 9.59 Å². The van der Waals surface area contributed by atoms with Crippen molar-refractivity contribution in [3.05, 3.63) is 39.9 Å². The second kappa shape index (κ2) is 8.80. The summed E-state index contributed by atoms with van der Waals surface area (Å²) in [5.41, 5.74) is 0.586. The number of aromatic nitrogens is 2. The first-order valence-electron chi connectivity index (χ1n) is 9.10. The molecule has 0 unspecified atom stereocenters. The van der Waals surface area contributed by atoms with Crippen molar-refractivity contribution in [3.63, 3.8) is 0 Å². The van der Waals surface area contributed by atoms with Crippen molar-refractivity contribution in [2.45, 2.75) is 33.1 Å². The van der Waals surface area contributed by atoms with Crippen molar-refractivity contribution >= 4 is 39.9 Å². The maximum Gasteiger partial charge on any atom is 0.253 e. The molecule has 2 amide bonds. The zero-order chi connectivity index (χ0) is 19.4. The van der Waals surface area contributed by atoms with Gasteiger partial charge >= 0.3 is 0 Å². The second-order valence-electron chi connectivity index (χ2n) is 7.19. The number of carbonyl (C=O) groups is 2. The van der Waals surface area contributed by atoms with Gasteiger partial charge in [0.1, 0.15) is 5.01 Å². The summed E-state index contributed by atoms with van der Waals surface area (Å²) < 4.78 is 0. The Hall–Kier alpha value is -1.99. The van der Waals surface area contributed by atoms with Crippen molar-refractivity contribution in [1.29, 1.82) is 0 Å². The lowest BCUT2D eigenvalue weighted by Crippen LogP contribution is -2.43. The molecule has 8 heteroatoms. The topological polar surface area (TPSA) is 75.2 Å². The number of piperidine rings is 1. The Morgan fingerprint density at radius 1 is 1.30 bits per heavy atom. The van der Waals surface area contributed by atoms with Gasteiger partial charge in [0.25, 0.3) is 5.91 Å². The molecule has 27 heavy (non-hydrogen) atoms. The van der Waals surface area contributed by atoms with Crippen molar-refractivity contribution in [1.82, 2.24) is 15.1 Å². The van der Waals surface area contributed by atoms with Crippen molar-refractivity contribution < 1.29 is 9.59 Å². The minimum Gasteiger partial charge on any atom is -0.338 e. The fourth-order valence-electron chi connectivity index (χ4n) is 3.09. The highest BCUT2D eigenvalue weighted by atomic mass is 35.5. The normalized spacial score (nSPS) is 17.2. The third kappa shape index (κ3) is 5.26. The van der Waals surface area contributed by atoms with Gasteiger partial charge in [-0.25, -0.2) is 0 Å². The zero-order valence-corrected chi connectivity index (χ0v) is 17.0. The fraction of sp³-hybridized carbons (Fsp3) is 0.474. The number of anilines is 1. The molecule has 6 nitrogen and oxygen atoms in total. The quantitative estimate of drug-likeness (QED) is 0.817. The number of nitrogens with zero attached hydrogens (tertiary/aromatic N) is 3. The average molecular weight is 407 g/mol. The first-order valence-corrected chi connectivity index (χ1v) is 10.3. The number of hydrogen-bond acceptors (Lipinski definition) is 5. The van der Waals surface area contributed by atoms with E-state index in [0.717, 1.165) is 24.3 Å². The Kier molecular flexibility index (Phi) is 6.44. The second-order valence-corrected chi connectivity index (χ2v) is 8.68. The van der Waals surface area contributed by atoms with Gasteiger partial charge in [-0.05, 0) is 43.0 Å². The largest absolute Gasteiger partial charge is 0.338 e. The standard InChI is InChI=1S/C19H23ClN4O2S/c1-12(2)10-16-22-23-19(27-16)21-17(25)14-4-3-9-24(11-14)18(26)13-5-7-15(20)8-6-13/h5-8,12,14H,3-4,9-11H2,1-2H3,(H,21,23,25)/t14-/m1/s1. The Labute approximate surface area is 167 Å². The van der Waals surface area contributed by atoms with Crippen molar-refractivity contribution in [2.24, 2.45) is 11.8 Å². The van der Waals surface area contributed by atoms with Gasteiger partial charge in [-0.3, -0.25) is 9.59 Å². The summed E-state index contributed by atoms with van der Waals surface area (Å²) in [5.74, 6) is 0.0786. The Balaban J connectivity index is 1.60. The van der Waals surface area contributed by atoms with Crippen LogP contribution in [-0.4, -0.2) is 40.0 Å². The SMILES string of the molecule is CC(C)Cc1nnc(NC(=O)[C@@H]2CCCN(C(=O)c3ccc(Cl)cc3)C2)s1. The summed E-state index contributed by atoms with van der Waals surface area (Å²) in [7, 11) is 0. The lowest BCUT2D eigenvalue weighted by Gasteiger charge is -2.32. The summed E-state index contributed by atoms with van der Waals surface area (Å²) in [6, 6.07) is 6.83. The smallest absolute Gasteiger partial charge is 0.253 e. The molecule has 144 valence electrons. The third-order valence-electron chi connectivity index (χ3n) is 4.45. The Morgan fingerprint density at radius 3 is 2.74 bits per heavy atom. The molecule has 0 radical (unpaired) electrons. The van der Waals surface area contributed by atoms with E-state index in [1.807, 2.05) is 0 Å². The molecule has 3 rings (SSSR count). The van der Waals surface area contributed by atoms with Gasteiger partial charge < -0.3 is 10.2 Å². The summed E-state index contributed by atoms with van der Waals surface area (Å²) in [5, 5.41) is 13.1. The number of halogens is 1. The van der Waals surface area contributed by atoms with Crippen LogP contribution in [-0.2, 0) is 11.2 Å². The van der Waals surface area contributed by atoms with Crippen LogP contribution in [0, 0.1) is 11.8 Å². The molecule has 1 aliphatic rings. The summed E-state index contributed by atoms with van der Waals surface area (Å²) in [6.07, 6.45) is 2.40. The molecule has 1 N–H and O–H groups in total. The average Bonchev–Trinajstić information content (AvgIpc) is 3.08. The molecule has 1 atom stereocenters. The van der Waals surface area contributed by atoms with Crippen LogP contribution in [0.1, 0.15) is 42.1 Å². The highest BCUT2D eigenvalue weighted by Gasteiger charge is 2.29. The van der Waals surface area contributed by atoms with Gasteiger partial charge in [-0.15, -0.1) is 10.2 Å². The predicted molar refractivity (Wildman–Crippen MR) is 107 cm³/mol. The summed E-state index contributed by atoms with van der Waals surface area (Å²) in [4.78, 5) is 27.0. The van der Waals surface area contributed by atoms with Gasteiger partial charge in [0.2, 0.25) is 11.0 Å². The number of likely N-dealkylation sites (tertiary alicyclic amines) is 1. The molecule has 0 saturated carbocycles. The van der Waals surface area contributed by atoms with E-state index >= 15 is 0 Å². The highest BCUT2D eigenvalue weighted by Crippen LogP contribution is 2.23. The number of benzene rings is 1. The monoisotopic (exact) mass is 406 g/mol. The van der Waals surface area contributed by atoms with Gasteiger partial charge in [0.15, 0.2) is 0 Å². The first-order chi connectivity index (χ1) is 12.9. The van der Waals surface area contributed by atoms with E-state index in [1.165, 1.54) is 11.3 Å². The molecule has 0 spiro atoms. The van der Waals surface area contributed by atoms with E-state index in [1.54, 1.807) is 29.2 Å². The van der Waals surface area contributed by atoms with Crippen LogP contribution in [0.3, 0.4) is 0 Å². The van der Waals surface area contributed by atoms with E-state index < -0.39 is 0 Å². The van der Waals surface area contributed by atoms with Crippen LogP contribution in [0.25, 0.3) is 0 Å². The molecule has 1 aromatic heterocycles. The molecule has 1 saturated heterocycles. The molecule has 1 fully saturated rings. The minimum atomic E-state index is -0.243. The van der Waals surface area contributed by atoms with Crippen LogP contribution in [0.2, 0.25) is 5.02 Å². The molecular formula is C19H23ClN4O2S. The number of hydrogen-bond donors (Lipinski definition) is 1. The number of carbonyl (C=O) groups excluding carboxylic acids is 2. The van der Waals surface area contributed by atoms with Crippen LogP contribution in [0.5, 0.6) is 0 Å². The molecule has 1 aromatic carbocycles. The summed E-state index contributed by atoms with van der Waals surface area (Å²) >= 11 is 7.30. The van der Waals surface area contributed by atoms with Gasteiger partial charge in [-0.1, -0.05) is 36.8 Å². The van der Waals surface area contributed by atoms with Crippen molar-refractivity contribution in [3.8, 4) is 0 Å². The van der Waals surface area contributed by atoms with E-state index in [2.05, 4.69) is 29.4 Å². The Morgan fingerprint density at radius 2 is 2.04 bits per heavy atom. The maximum absolute atomic E-state index is 12.7. The fourth-order valence-corrected chi connectivity index (χ4v) is 4.17. The lowest BCUT2D eigenvalue weighted by atomic mass is 9.96. The van der Waals surface area contributed by atoms with E-state index in [4.69, 9.17) is 11.6 Å². The Bertz CT molecular complexity index is 806. The zero-order valence-electron chi connectivity index (χ0n) is 15.4. The highest BCUT2D eigenvalue weighted by molar-refractivity contribution is 7.15. The lowest BCUT2D eigenvalue weighted by molar-refractivity contribution is -0.121. The summed E-state index contributed by atoms with van der Waals surface area (Å²) in [6.45, 7) is 5.30. The van der Waals surface area contributed by atoms with Gasteiger partial charge in [0.05, 0.1) is 5.92 Å². The molecule has 2 heterocycles. The molecule has 1 aliphatic heterocycles. The minimum absolute atomic E-state index is 0.0701. The maximum atomic E-state index is 12.7. The third-order valence-corrected chi connectivity index (χ3v) is 5.56. The number of rotatable bonds is 5. The molecule has 2 aromatic rings. The van der Waals surface area contributed by atoms with Gasteiger partial charge in [-0.2, -0.15) is 0 Å². The first kappa shape index (κ1) is 19.8. The molecule has 0 bridgehead atoms. The van der Waals surface area contributed by atoms with Gasteiger partial charge in [0, 0.05) is 30.1 Å². The molecule has 0 aliphatic carbocycles.